The van der Waals surface area contributed by atoms with Gasteiger partial charge in [-0.05, 0) is 43.7 Å². The molecule has 0 saturated heterocycles. The first kappa shape index (κ1) is 16.2. The van der Waals surface area contributed by atoms with Crippen LogP contribution in [0.3, 0.4) is 0 Å². The van der Waals surface area contributed by atoms with Crippen molar-refractivity contribution in [2.24, 2.45) is 0 Å². The zero-order valence-corrected chi connectivity index (χ0v) is 15.1. The van der Waals surface area contributed by atoms with Gasteiger partial charge in [0.25, 0.3) is 5.91 Å². The number of anilines is 2. The molecule has 3 aromatic rings. The van der Waals surface area contributed by atoms with E-state index in [0.29, 0.717) is 23.3 Å². The summed E-state index contributed by atoms with van der Waals surface area (Å²) in [4.78, 5) is 21.5. The highest BCUT2D eigenvalue weighted by Crippen LogP contribution is 2.42. The fourth-order valence-corrected chi connectivity index (χ4v) is 3.79. The summed E-state index contributed by atoms with van der Waals surface area (Å²) in [5.74, 6) is 1.77. The Kier molecular flexibility index (Phi) is 3.99. The van der Waals surface area contributed by atoms with E-state index in [2.05, 4.69) is 20.7 Å². The topological polar surface area (TPSA) is 84.2 Å². The Bertz CT molecular complexity index is 973. The average molecular weight is 362 g/mol. The smallest absolute Gasteiger partial charge is 0.258 e. The van der Waals surface area contributed by atoms with Crippen LogP contribution < -0.4 is 10.6 Å². The Balaban J connectivity index is 1.51. The van der Waals surface area contributed by atoms with Crippen molar-refractivity contribution < 1.29 is 4.79 Å². The monoisotopic (exact) mass is 362 g/mol. The van der Waals surface area contributed by atoms with Crippen LogP contribution in [0.15, 0.2) is 36.8 Å². The molecule has 3 heterocycles. The third-order valence-corrected chi connectivity index (χ3v) is 5.39. The van der Waals surface area contributed by atoms with Crippen molar-refractivity contribution >= 4 is 23.2 Å². The Morgan fingerprint density at radius 3 is 2.74 bits per heavy atom. The van der Waals surface area contributed by atoms with Gasteiger partial charge in [-0.15, -0.1) is 0 Å². The number of hydrogen-bond donors (Lipinski definition) is 2. The second-order valence-electron chi connectivity index (χ2n) is 7.46. The fraction of sp³-hybridized carbons (Fsp3) is 0.400. The van der Waals surface area contributed by atoms with Gasteiger partial charge in [0.2, 0.25) is 0 Å². The van der Waals surface area contributed by atoms with Crippen LogP contribution in [0.5, 0.6) is 0 Å². The third kappa shape index (κ3) is 3.25. The molecular weight excluding hydrogens is 340 g/mol. The highest BCUT2D eigenvalue weighted by Gasteiger charge is 2.28. The number of carbonyl (C=O) groups excluding carboxylic acids is 1. The summed E-state index contributed by atoms with van der Waals surface area (Å²) in [6.45, 7) is 0. The molecule has 2 aliphatic rings. The van der Waals surface area contributed by atoms with Crippen LogP contribution >= 0.6 is 0 Å². The molecular formula is C20H22N6O. The normalized spacial score (nSPS) is 17.3. The zero-order valence-electron chi connectivity index (χ0n) is 15.1. The van der Waals surface area contributed by atoms with Gasteiger partial charge < -0.3 is 10.6 Å². The third-order valence-electron chi connectivity index (χ3n) is 5.39. The van der Waals surface area contributed by atoms with E-state index in [1.807, 2.05) is 12.3 Å². The molecule has 7 nitrogen and oxygen atoms in total. The first-order valence-corrected chi connectivity index (χ1v) is 9.64. The Morgan fingerprint density at radius 1 is 1.15 bits per heavy atom. The molecule has 0 spiro atoms. The molecule has 0 bridgehead atoms. The van der Waals surface area contributed by atoms with Crippen LogP contribution in [0.25, 0.3) is 5.65 Å². The highest BCUT2D eigenvalue weighted by molar-refractivity contribution is 6.03. The number of fused-ring (bicyclic) bond motifs is 1. The maximum absolute atomic E-state index is 12.6. The van der Waals surface area contributed by atoms with Gasteiger partial charge in [-0.1, -0.05) is 12.8 Å². The minimum Gasteiger partial charge on any atom is -0.367 e. The Labute approximate surface area is 157 Å². The molecule has 3 aromatic heterocycles. The van der Waals surface area contributed by atoms with Crippen LogP contribution in [0, 0.1) is 0 Å². The first-order valence-electron chi connectivity index (χ1n) is 9.64. The van der Waals surface area contributed by atoms with Gasteiger partial charge in [-0.2, -0.15) is 9.61 Å². The van der Waals surface area contributed by atoms with Crippen molar-refractivity contribution in [3.8, 4) is 0 Å². The minimum atomic E-state index is -0.203. The molecule has 0 atom stereocenters. The number of pyridine rings is 1. The number of amides is 1. The number of nitrogens with one attached hydrogen (secondary N) is 2. The van der Waals surface area contributed by atoms with Crippen molar-refractivity contribution in [2.75, 3.05) is 10.6 Å². The van der Waals surface area contributed by atoms with Gasteiger partial charge in [-0.25, -0.2) is 4.98 Å². The lowest BCUT2D eigenvalue weighted by molar-refractivity contribution is 0.102. The summed E-state index contributed by atoms with van der Waals surface area (Å²) >= 11 is 0. The van der Waals surface area contributed by atoms with Crippen molar-refractivity contribution in [2.45, 2.75) is 50.5 Å². The molecule has 0 aromatic carbocycles. The SMILES string of the molecule is O=C(Nc1cc(NC2CCCC2)nc2c(C3CC3)cnn12)c1cccnc1. The predicted octanol–water partition coefficient (Wildman–Crippen LogP) is 3.61. The number of carbonyl (C=O) groups is 1. The van der Waals surface area contributed by atoms with Gasteiger partial charge in [0, 0.05) is 30.1 Å². The number of rotatable bonds is 5. The minimum absolute atomic E-state index is 0.203. The number of aromatic nitrogens is 4. The van der Waals surface area contributed by atoms with E-state index in [0.717, 1.165) is 11.5 Å². The molecule has 138 valence electrons. The van der Waals surface area contributed by atoms with Gasteiger partial charge in [0.15, 0.2) is 5.65 Å². The summed E-state index contributed by atoms with van der Waals surface area (Å²) in [6.07, 6.45) is 12.3. The molecule has 0 radical (unpaired) electrons. The molecule has 2 N–H and O–H groups in total. The maximum atomic E-state index is 12.6. The van der Waals surface area contributed by atoms with E-state index >= 15 is 0 Å². The van der Waals surface area contributed by atoms with E-state index in [9.17, 15) is 4.79 Å². The van der Waals surface area contributed by atoms with E-state index < -0.39 is 0 Å². The van der Waals surface area contributed by atoms with Crippen LogP contribution in [0.1, 0.15) is 60.4 Å². The molecule has 7 heteroatoms. The van der Waals surface area contributed by atoms with Gasteiger partial charge in [0.05, 0.1) is 11.8 Å². The molecule has 27 heavy (non-hydrogen) atoms. The maximum Gasteiger partial charge on any atom is 0.258 e. The summed E-state index contributed by atoms with van der Waals surface area (Å²) < 4.78 is 1.74. The van der Waals surface area contributed by atoms with Gasteiger partial charge in [0.1, 0.15) is 11.6 Å². The van der Waals surface area contributed by atoms with Crippen molar-refractivity contribution in [3.63, 3.8) is 0 Å². The zero-order chi connectivity index (χ0) is 18.2. The fourth-order valence-electron chi connectivity index (χ4n) is 3.79. The van der Waals surface area contributed by atoms with Crippen molar-refractivity contribution in [3.05, 3.63) is 47.9 Å². The van der Waals surface area contributed by atoms with Gasteiger partial charge in [-0.3, -0.25) is 9.78 Å². The Morgan fingerprint density at radius 2 is 2.00 bits per heavy atom. The Hall–Kier alpha value is -2.96. The molecule has 0 aliphatic heterocycles. The summed E-state index contributed by atoms with van der Waals surface area (Å²) in [5.41, 5.74) is 2.52. The lowest BCUT2D eigenvalue weighted by Crippen LogP contribution is -2.19. The summed E-state index contributed by atoms with van der Waals surface area (Å²) in [6, 6.07) is 5.83. The quantitative estimate of drug-likeness (QED) is 0.724. The molecule has 5 rings (SSSR count). The van der Waals surface area contributed by atoms with Crippen LogP contribution in [0.2, 0.25) is 0 Å². The lowest BCUT2D eigenvalue weighted by atomic mass is 10.2. The number of hydrogen-bond acceptors (Lipinski definition) is 5. The van der Waals surface area contributed by atoms with Crippen molar-refractivity contribution in [1.82, 2.24) is 19.6 Å². The summed E-state index contributed by atoms with van der Waals surface area (Å²) in [7, 11) is 0. The molecule has 2 aliphatic carbocycles. The van der Waals surface area contributed by atoms with Crippen LogP contribution in [-0.2, 0) is 0 Å². The highest BCUT2D eigenvalue weighted by atomic mass is 16.1. The largest absolute Gasteiger partial charge is 0.367 e. The molecule has 2 fully saturated rings. The number of nitrogens with zero attached hydrogens (tertiary/aromatic N) is 4. The molecule has 2 saturated carbocycles. The second kappa shape index (κ2) is 6.64. The lowest BCUT2D eigenvalue weighted by Gasteiger charge is -2.15. The second-order valence-corrected chi connectivity index (χ2v) is 7.46. The summed E-state index contributed by atoms with van der Waals surface area (Å²) in [5, 5.41) is 11.0. The molecule has 0 unspecified atom stereocenters. The standard InChI is InChI=1S/C20H22N6O/c27-20(14-4-3-9-21-11-14)25-18-10-17(23-15-5-1-2-6-15)24-19-16(13-7-8-13)12-22-26(18)19/h3-4,9-13,15H,1-2,5-8H2,(H,23,24)(H,25,27). The van der Waals surface area contributed by atoms with Crippen LogP contribution in [0.4, 0.5) is 11.6 Å². The van der Waals surface area contributed by atoms with E-state index in [4.69, 9.17) is 4.98 Å². The van der Waals surface area contributed by atoms with Crippen molar-refractivity contribution in [1.29, 1.82) is 0 Å². The van der Waals surface area contributed by atoms with E-state index in [-0.39, 0.29) is 5.91 Å². The average Bonchev–Trinajstić information content (AvgIpc) is 3.23. The predicted molar refractivity (Wildman–Crippen MR) is 103 cm³/mol. The van der Waals surface area contributed by atoms with E-state index in [1.165, 1.54) is 44.1 Å². The first-order chi connectivity index (χ1) is 13.3. The van der Waals surface area contributed by atoms with E-state index in [1.54, 1.807) is 29.0 Å². The molecule has 1 amide bonds. The van der Waals surface area contributed by atoms with Gasteiger partial charge >= 0.3 is 0 Å². The van der Waals surface area contributed by atoms with Crippen LogP contribution in [-0.4, -0.2) is 31.5 Å².